The SMILES string of the molecule is N#CC(C#N)=C1C(c2cc(C#N)ncc2F)=C(C#N)c2c(F)c3c(c(F)c21)C(C#N)=C(c1cc(C#N)ncc1F)C3=C(C#N)C#N. The smallest absolute Gasteiger partial charge is 0.149 e. The Morgan fingerprint density at radius 2 is 0.848 bits per heavy atom. The minimum atomic E-state index is -1.55. The van der Waals surface area contributed by atoms with Crippen LogP contribution in [0, 0.1) is 114 Å². The van der Waals surface area contributed by atoms with E-state index in [0.717, 1.165) is 12.1 Å². The monoisotopic (exact) mass is 604 g/mol. The van der Waals surface area contributed by atoms with Crippen LogP contribution in [0.25, 0.3) is 33.4 Å². The number of hydrogen-bond donors (Lipinski definition) is 0. The number of benzene rings is 1. The zero-order chi connectivity index (χ0) is 33.4. The number of halogens is 4. The van der Waals surface area contributed by atoms with E-state index in [0.29, 0.717) is 12.4 Å². The van der Waals surface area contributed by atoms with Gasteiger partial charge < -0.3 is 0 Å². The average Bonchev–Trinajstić information content (AvgIpc) is 3.59. The molecule has 0 aliphatic heterocycles. The predicted octanol–water partition coefficient (Wildman–Crippen LogP) is 5.27. The van der Waals surface area contributed by atoms with Gasteiger partial charge in [0.05, 0.1) is 23.5 Å². The quantitative estimate of drug-likeness (QED) is 0.272. The molecule has 2 aliphatic rings. The minimum absolute atomic E-state index is 0.399. The molecule has 0 bridgehead atoms. The third-order valence-electron chi connectivity index (χ3n) is 7.03. The van der Waals surface area contributed by atoms with Crippen molar-refractivity contribution in [3.8, 4) is 48.6 Å². The maximum atomic E-state index is 17.0. The molecule has 46 heavy (non-hydrogen) atoms. The van der Waals surface area contributed by atoms with Crippen molar-refractivity contribution in [3.05, 3.63) is 104 Å². The van der Waals surface area contributed by atoms with Crippen LogP contribution in [0.2, 0.25) is 0 Å². The lowest BCUT2D eigenvalue weighted by Crippen LogP contribution is -2.05. The zero-order valence-electron chi connectivity index (χ0n) is 22.3. The summed E-state index contributed by atoms with van der Waals surface area (Å²) in [6.07, 6.45) is 1.16. The van der Waals surface area contributed by atoms with Crippen LogP contribution < -0.4 is 0 Å². The van der Waals surface area contributed by atoms with E-state index in [2.05, 4.69) is 9.97 Å². The van der Waals surface area contributed by atoms with Gasteiger partial charge in [-0.15, -0.1) is 0 Å². The summed E-state index contributed by atoms with van der Waals surface area (Å²) in [5, 5.41) is 78.2. The summed E-state index contributed by atoms with van der Waals surface area (Å²) < 4.78 is 64.3. The molecular weight excluding hydrogens is 600 g/mol. The maximum Gasteiger partial charge on any atom is 0.149 e. The van der Waals surface area contributed by atoms with Gasteiger partial charge in [-0.25, -0.2) is 27.5 Å². The van der Waals surface area contributed by atoms with E-state index in [1.165, 1.54) is 24.3 Å². The number of hydrogen-bond acceptors (Lipinski definition) is 10. The molecule has 2 heterocycles. The van der Waals surface area contributed by atoms with Gasteiger partial charge in [0.15, 0.2) is 0 Å². The molecule has 2 aromatic heterocycles. The van der Waals surface area contributed by atoms with Crippen molar-refractivity contribution in [3.63, 3.8) is 0 Å². The van der Waals surface area contributed by atoms with E-state index in [-0.39, 0.29) is 0 Å². The molecule has 210 valence electrons. The highest BCUT2D eigenvalue weighted by molar-refractivity contribution is 6.30. The van der Waals surface area contributed by atoms with Gasteiger partial charge in [0.25, 0.3) is 0 Å². The Kier molecular flexibility index (Phi) is 7.13. The molecular formula is C32H4F4N10. The number of allylic oxidation sites excluding steroid dienone is 8. The summed E-state index contributed by atoms with van der Waals surface area (Å²) in [5.74, 6) is -5.49. The van der Waals surface area contributed by atoms with E-state index in [1.807, 2.05) is 0 Å². The highest BCUT2D eigenvalue weighted by Gasteiger charge is 2.45. The van der Waals surface area contributed by atoms with Gasteiger partial charge in [-0.2, -0.15) is 42.1 Å². The third kappa shape index (κ3) is 3.96. The van der Waals surface area contributed by atoms with Gasteiger partial charge >= 0.3 is 0 Å². The number of nitriles is 8. The third-order valence-corrected chi connectivity index (χ3v) is 7.03. The first-order chi connectivity index (χ1) is 22.2. The molecule has 0 saturated carbocycles. The Bertz CT molecular complexity index is 2290. The van der Waals surface area contributed by atoms with Crippen molar-refractivity contribution < 1.29 is 17.6 Å². The van der Waals surface area contributed by atoms with E-state index in [1.54, 1.807) is 24.3 Å². The summed E-state index contributed by atoms with van der Waals surface area (Å²) in [4.78, 5) is 7.10. The van der Waals surface area contributed by atoms with Gasteiger partial charge in [0.1, 0.15) is 94.4 Å². The molecule has 0 radical (unpaired) electrons. The molecule has 0 atom stereocenters. The van der Waals surface area contributed by atoms with Gasteiger partial charge in [-0.3, -0.25) is 0 Å². The Labute approximate surface area is 255 Å². The fraction of sp³-hybridized carbons (Fsp3) is 0. The lowest BCUT2D eigenvalue weighted by atomic mass is 9.89. The van der Waals surface area contributed by atoms with Crippen molar-refractivity contribution in [2.24, 2.45) is 0 Å². The number of pyridine rings is 2. The van der Waals surface area contributed by atoms with E-state index >= 15 is 17.6 Å². The molecule has 0 unspecified atom stereocenters. The van der Waals surface area contributed by atoms with Crippen LogP contribution >= 0.6 is 0 Å². The molecule has 0 N–H and O–H groups in total. The summed E-state index contributed by atoms with van der Waals surface area (Å²) in [6.45, 7) is 0. The number of rotatable bonds is 2. The molecule has 14 heteroatoms. The van der Waals surface area contributed by atoms with Crippen LogP contribution in [0.1, 0.15) is 44.8 Å². The summed E-state index contributed by atoms with van der Waals surface area (Å²) in [7, 11) is 0. The second-order valence-electron chi connectivity index (χ2n) is 9.12. The molecule has 2 aliphatic carbocycles. The first-order valence-electron chi connectivity index (χ1n) is 12.2. The van der Waals surface area contributed by atoms with E-state index in [9.17, 15) is 42.1 Å². The van der Waals surface area contributed by atoms with E-state index in [4.69, 9.17) is 0 Å². The van der Waals surface area contributed by atoms with Crippen LogP contribution in [-0.2, 0) is 0 Å². The highest BCUT2D eigenvalue weighted by Crippen LogP contribution is 2.57. The Hall–Kier alpha value is -7.88. The Morgan fingerprint density at radius 1 is 0.500 bits per heavy atom. The maximum absolute atomic E-state index is 17.0. The van der Waals surface area contributed by atoms with Gasteiger partial charge in [-0.1, -0.05) is 0 Å². The predicted molar refractivity (Wildman–Crippen MR) is 145 cm³/mol. The number of aromatic nitrogens is 2. The van der Waals surface area contributed by atoms with Crippen molar-refractivity contribution in [1.29, 1.82) is 42.1 Å². The molecule has 0 saturated heterocycles. The second-order valence-corrected chi connectivity index (χ2v) is 9.12. The largest absolute Gasteiger partial charge is 0.242 e. The summed E-state index contributed by atoms with van der Waals surface area (Å²) in [5.41, 5.74) is -12.0. The molecule has 0 fully saturated rings. The molecule has 0 amide bonds. The lowest BCUT2D eigenvalue weighted by Gasteiger charge is -2.14. The summed E-state index contributed by atoms with van der Waals surface area (Å²) >= 11 is 0. The van der Waals surface area contributed by atoms with Gasteiger partial charge in [0, 0.05) is 55.7 Å². The van der Waals surface area contributed by atoms with Crippen LogP contribution in [0.5, 0.6) is 0 Å². The van der Waals surface area contributed by atoms with Crippen molar-refractivity contribution >= 4 is 33.4 Å². The van der Waals surface area contributed by atoms with Crippen LogP contribution in [-0.4, -0.2) is 9.97 Å². The minimum Gasteiger partial charge on any atom is -0.242 e. The van der Waals surface area contributed by atoms with Crippen molar-refractivity contribution in [2.75, 3.05) is 0 Å². The fourth-order valence-electron chi connectivity index (χ4n) is 5.30. The number of fused-ring (bicyclic) bond motifs is 2. The normalized spacial score (nSPS) is 12.3. The van der Waals surface area contributed by atoms with Crippen LogP contribution in [0.3, 0.4) is 0 Å². The fourth-order valence-corrected chi connectivity index (χ4v) is 5.30. The standard InChI is InChI=1S/C32H4F4N10/c33-21-11-45-15(7-41)1-17(21)25-19(9-43)27-29(23(25)13(3-37)4-38)32(36)28-20(10-44)26(18-2-16(8-42)46-12-22(18)34)24(14(5-39)6-40)30(28)31(27)35/h1-2,11-12H. The molecule has 3 aromatic rings. The number of nitrogens with zero attached hydrogens (tertiary/aromatic N) is 10. The highest BCUT2D eigenvalue weighted by atomic mass is 19.1. The molecule has 10 nitrogen and oxygen atoms in total. The van der Waals surface area contributed by atoms with E-state index < -0.39 is 113 Å². The first kappa shape index (κ1) is 29.6. The van der Waals surface area contributed by atoms with Gasteiger partial charge in [0.2, 0.25) is 0 Å². The lowest BCUT2D eigenvalue weighted by molar-refractivity contribution is 0.590. The molecule has 5 rings (SSSR count). The Balaban J connectivity index is 2.07. The Morgan fingerprint density at radius 3 is 1.13 bits per heavy atom. The first-order valence-corrected chi connectivity index (χ1v) is 12.2. The second kappa shape index (κ2) is 11.1. The molecule has 1 aromatic carbocycles. The van der Waals surface area contributed by atoms with Gasteiger partial charge in [-0.05, 0) is 12.1 Å². The van der Waals surface area contributed by atoms with Crippen molar-refractivity contribution in [2.45, 2.75) is 0 Å². The molecule has 0 spiro atoms. The van der Waals surface area contributed by atoms with Crippen LogP contribution in [0.15, 0.2) is 35.7 Å². The topological polar surface area (TPSA) is 216 Å². The summed E-state index contributed by atoms with van der Waals surface area (Å²) in [6, 6.07) is 14.1. The zero-order valence-corrected chi connectivity index (χ0v) is 22.3. The van der Waals surface area contributed by atoms with Crippen molar-refractivity contribution in [1.82, 2.24) is 9.97 Å². The average molecular weight is 604 g/mol. The van der Waals surface area contributed by atoms with Crippen LogP contribution in [0.4, 0.5) is 17.6 Å².